The summed E-state index contributed by atoms with van der Waals surface area (Å²) < 4.78 is 5.48. The summed E-state index contributed by atoms with van der Waals surface area (Å²) in [4.78, 5) is 2.45. The summed E-state index contributed by atoms with van der Waals surface area (Å²) in [7, 11) is 0. The largest absolute Gasteiger partial charge is 0.393 e. The van der Waals surface area contributed by atoms with Crippen molar-refractivity contribution < 1.29 is 14.9 Å². The predicted octanol–water partition coefficient (Wildman–Crippen LogP) is 2.78. The summed E-state index contributed by atoms with van der Waals surface area (Å²) >= 11 is 0. The van der Waals surface area contributed by atoms with Crippen LogP contribution in [-0.2, 0) is 4.74 Å². The monoisotopic (exact) mass is 406 g/mol. The lowest BCUT2D eigenvalue weighted by atomic mass is 9.51. The normalized spacial score (nSPS) is 46.6. The minimum atomic E-state index is -0.396. The van der Waals surface area contributed by atoms with Crippen LogP contribution in [0.3, 0.4) is 0 Å². The van der Waals surface area contributed by atoms with E-state index in [1.54, 1.807) is 0 Å². The van der Waals surface area contributed by atoms with Gasteiger partial charge in [0.1, 0.15) is 0 Å². The van der Waals surface area contributed by atoms with Crippen LogP contribution in [0.2, 0.25) is 0 Å². The van der Waals surface area contributed by atoms with E-state index in [9.17, 15) is 10.2 Å². The van der Waals surface area contributed by atoms with Gasteiger partial charge in [0.15, 0.2) is 0 Å². The Bertz CT molecular complexity index is 593. The molecule has 7 atom stereocenters. The molecular formula is C24H42N2O3. The molecule has 0 aromatic rings. The zero-order valence-electron chi connectivity index (χ0n) is 18.5. The van der Waals surface area contributed by atoms with Gasteiger partial charge in [-0.2, -0.15) is 0 Å². The second kappa shape index (κ2) is 8.58. The number of nitrogens with one attached hydrogen (secondary N) is 1. The highest BCUT2D eigenvalue weighted by molar-refractivity contribution is 5.21. The molecule has 5 heteroatoms. The van der Waals surface area contributed by atoms with Crippen LogP contribution in [0.5, 0.6) is 0 Å². The molecule has 3 saturated carbocycles. The van der Waals surface area contributed by atoms with Crippen molar-refractivity contribution in [3.8, 4) is 0 Å². The van der Waals surface area contributed by atoms with Gasteiger partial charge >= 0.3 is 0 Å². The van der Waals surface area contributed by atoms with Gasteiger partial charge in [0, 0.05) is 19.8 Å². The van der Waals surface area contributed by atoms with Gasteiger partial charge in [-0.15, -0.1) is 0 Å². The van der Waals surface area contributed by atoms with E-state index in [0.29, 0.717) is 24.2 Å². The third-order valence-corrected chi connectivity index (χ3v) is 9.33. The quantitative estimate of drug-likeness (QED) is 0.613. The lowest BCUT2D eigenvalue weighted by Crippen LogP contribution is -2.55. The summed E-state index contributed by atoms with van der Waals surface area (Å²) in [6, 6.07) is 0. The van der Waals surface area contributed by atoms with Crippen LogP contribution in [0, 0.1) is 28.6 Å². The van der Waals surface area contributed by atoms with Gasteiger partial charge in [0.25, 0.3) is 0 Å². The van der Waals surface area contributed by atoms with E-state index < -0.39 is 6.10 Å². The molecule has 0 spiro atoms. The van der Waals surface area contributed by atoms with Crippen LogP contribution in [0.1, 0.15) is 58.8 Å². The molecule has 4 fully saturated rings. The molecule has 0 aromatic carbocycles. The van der Waals surface area contributed by atoms with Crippen molar-refractivity contribution >= 4 is 0 Å². The number of ether oxygens (including phenoxy) is 1. The van der Waals surface area contributed by atoms with Gasteiger partial charge < -0.3 is 20.3 Å². The van der Waals surface area contributed by atoms with Crippen LogP contribution in [0.25, 0.3) is 0 Å². The Labute approximate surface area is 176 Å². The first-order valence-electron chi connectivity index (χ1n) is 11.9. The Morgan fingerprint density at radius 2 is 1.86 bits per heavy atom. The van der Waals surface area contributed by atoms with Gasteiger partial charge in [0.2, 0.25) is 0 Å². The Kier molecular flexibility index (Phi) is 6.44. The highest BCUT2D eigenvalue weighted by atomic mass is 16.5. The van der Waals surface area contributed by atoms with Gasteiger partial charge in [0.05, 0.1) is 25.4 Å². The fourth-order valence-corrected chi connectivity index (χ4v) is 7.17. The number of hydrogen-bond donors (Lipinski definition) is 3. The summed E-state index contributed by atoms with van der Waals surface area (Å²) in [5, 5.41) is 24.9. The zero-order chi connectivity index (χ0) is 20.6. The molecule has 4 rings (SSSR count). The first-order chi connectivity index (χ1) is 13.8. The summed E-state index contributed by atoms with van der Waals surface area (Å²) in [6.07, 6.45) is 6.33. The van der Waals surface area contributed by atoms with Crippen molar-refractivity contribution in [2.75, 3.05) is 39.5 Å². The Morgan fingerprint density at radius 1 is 1.10 bits per heavy atom. The third kappa shape index (κ3) is 4.06. The fraction of sp³-hybridized carbons (Fsp3) is 0.917. The maximum atomic E-state index is 11.0. The fourth-order valence-electron chi connectivity index (χ4n) is 7.17. The van der Waals surface area contributed by atoms with Crippen molar-refractivity contribution in [1.29, 1.82) is 0 Å². The highest BCUT2D eigenvalue weighted by Gasteiger charge is 2.56. The molecule has 4 aliphatic rings. The molecule has 166 valence electrons. The molecule has 0 aromatic heterocycles. The van der Waals surface area contributed by atoms with Crippen molar-refractivity contribution in [2.45, 2.75) is 71.0 Å². The number of aliphatic hydroxyl groups is 2. The maximum Gasteiger partial charge on any atom is 0.0621 e. The van der Waals surface area contributed by atoms with Gasteiger partial charge in [-0.05, 0) is 80.1 Å². The second-order valence-corrected chi connectivity index (χ2v) is 10.8. The minimum absolute atomic E-state index is 0.0875. The standard InChI is InChI=1S/C24H42N2O3/c1-17-4-5-20-19(15-25-16-26-10-12-29-13-11-26)21(7-9-23(17,20)2)24(3)8-6-18(27)14-22(24)28/h18-22,25,27-28H,1,4-16H2,2-3H3/t18-,19+,20?,21?,22-,23-,24+/m0/s1. The Morgan fingerprint density at radius 3 is 2.59 bits per heavy atom. The van der Waals surface area contributed by atoms with Crippen LogP contribution < -0.4 is 5.32 Å². The second-order valence-electron chi connectivity index (χ2n) is 10.8. The lowest BCUT2D eigenvalue weighted by Gasteiger charge is -2.55. The van der Waals surface area contributed by atoms with E-state index in [2.05, 4.69) is 30.6 Å². The molecule has 1 heterocycles. The Balaban J connectivity index is 1.50. The number of fused-ring (bicyclic) bond motifs is 1. The van der Waals surface area contributed by atoms with E-state index in [-0.39, 0.29) is 16.9 Å². The zero-order valence-corrected chi connectivity index (χ0v) is 18.5. The number of hydrogen-bond acceptors (Lipinski definition) is 5. The van der Waals surface area contributed by atoms with E-state index in [1.807, 2.05) is 0 Å². The van der Waals surface area contributed by atoms with Crippen molar-refractivity contribution in [2.24, 2.45) is 28.6 Å². The van der Waals surface area contributed by atoms with Crippen LogP contribution >= 0.6 is 0 Å². The maximum absolute atomic E-state index is 11.0. The average molecular weight is 407 g/mol. The molecule has 2 unspecified atom stereocenters. The average Bonchev–Trinajstić information content (AvgIpc) is 3.01. The predicted molar refractivity (Wildman–Crippen MR) is 115 cm³/mol. The number of nitrogens with zero attached hydrogens (tertiary/aromatic N) is 1. The SMILES string of the molecule is C=C1CCC2[C@@H](CNCN3CCOCC3)C([C@@]3(C)CC[C@H](O)C[C@@H]3O)CC[C@@]12C. The van der Waals surface area contributed by atoms with Gasteiger partial charge in [-0.25, -0.2) is 0 Å². The van der Waals surface area contributed by atoms with E-state index in [1.165, 1.54) is 24.8 Å². The van der Waals surface area contributed by atoms with Crippen molar-refractivity contribution in [1.82, 2.24) is 10.2 Å². The van der Waals surface area contributed by atoms with Crippen molar-refractivity contribution in [3.05, 3.63) is 12.2 Å². The first kappa shape index (κ1) is 21.8. The molecule has 3 aliphatic carbocycles. The molecule has 0 amide bonds. The van der Waals surface area contributed by atoms with Crippen molar-refractivity contribution in [3.63, 3.8) is 0 Å². The topological polar surface area (TPSA) is 65.0 Å². The van der Waals surface area contributed by atoms with Gasteiger partial charge in [-0.3, -0.25) is 4.90 Å². The third-order valence-electron chi connectivity index (χ3n) is 9.33. The van der Waals surface area contributed by atoms with E-state index in [0.717, 1.165) is 58.8 Å². The molecule has 3 N–H and O–H groups in total. The molecule has 5 nitrogen and oxygen atoms in total. The smallest absolute Gasteiger partial charge is 0.0621 e. The molecule has 29 heavy (non-hydrogen) atoms. The molecule has 1 saturated heterocycles. The molecule has 0 radical (unpaired) electrons. The van der Waals surface area contributed by atoms with E-state index in [4.69, 9.17) is 4.74 Å². The summed E-state index contributed by atoms with van der Waals surface area (Å²) in [6.45, 7) is 14.8. The highest BCUT2D eigenvalue weighted by Crippen LogP contribution is 2.62. The Hall–Kier alpha value is -0.460. The summed E-state index contributed by atoms with van der Waals surface area (Å²) in [5.41, 5.74) is 1.62. The number of allylic oxidation sites excluding steroid dienone is 1. The van der Waals surface area contributed by atoms with Gasteiger partial charge in [-0.1, -0.05) is 26.0 Å². The summed E-state index contributed by atoms with van der Waals surface area (Å²) in [5.74, 6) is 1.72. The molecule has 1 aliphatic heterocycles. The number of rotatable bonds is 5. The number of aliphatic hydroxyl groups excluding tert-OH is 2. The lowest BCUT2D eigenvalue weighted by molar-refractivity contribution is -0.118. The van der Waals surface area contributed by atoms with Crippen LogP contribution in [-0.4, -0.2) is 66.8 Å². The minimum Gasteiger partial charge on any atom is -0.393 e. The van der Waals surface area contributed by atoms with Crippen LogP contribution in [0.15, 0.2) is 12.2 Å². The van der Waals surface area contributed by atoms with Crippen LogP contribution in [0.4, 0.5) is 0 Å². The first-order valence-corrected chi connectivity index (χ1v) is 11.9. The molecular weight excluding hydrogens is 364 g/mol. The molecule has 0 bridgehead atoms. The van der Waals surface area contributed by atoms with E-state index >= 15 is 0 Å². The number of morpholine rings is 1.